The molecule has 0 spiro atoms. The molecule has 0 bridgehead atoms. The highest BCUT2D eigenvalue weighted by Crippen LogP contribution is 2.38. The molecule has 1 aliphatic heterocycles. The van der Waals surface area contributed by atoms with Crippen molar-refractivity contribution in [2.45, 2.75) is 50.6 Å². The first kappa shape index (κ1) is 13.6. The molecule has 20 heavy (non-hydrogen) atoms. The minimum atomic E-state index is -0.909. The summed E-state index contributed by atoms with van der Waals surface area (Å²) < 4.78 is 0. The lowest BCUT2D eigenvalue weighted by Gasteiger charge is -2.36. The maximum absolute atomic E-state index is 12.9. The first-order valence-corrected chi connectivity index (χ1v) is 7.76. The quantitative estimate of drug-likeness (QED) is 0.899. The van der Waals surface area contributed by atoms with Crippen LogP contribution < -0.4 is 5.73 Å². The second-order valence-electron chi connectivity index (χ2n) is 6.47. The summed E-state index contributed by atoms with van der Waals surface area (Å²) in [5, 5.41) is 0. The fraction of sp³-hybridized carbons (Fsp3) is 0.588. The van der Waals surface area contributed by atoms with Gasteiger partial charge in [0, 0.05) is 12.6 Å². The van der Waals surface area contributed by atoms with Crippen molar-refractivity contribution in [1.29, 1.82) is 0 Å². The predicted molar refractivity (Wildman–Crippen MR) is 80.1 cm³/mol. The van der Waals surface area contributed by atoms with Crippen molar-refractivity contribution in [3.63, 3.8) is 0 Å². The van der Waals surface area contributed by atoms with Gasteiger partial charge in [-0.15, -0.1) is 0 Å². The van der Waals surface area contributed by atoms with Crippen molar-refractivity contribution in [2.24, 2.45) is 11.7 Å². The van der Waals surface area contributed by atoms with Crippen LogP contribution in [0.15, 0.2) is 30.3 Å². The predicted octanol–water partition coefficient (Wildman–Crippen LogP) is 2.65. The molecule has 1 aromatic rings. The van der Waals surface area contributed by atoms with Gasteiger partial charge in [-0.3, -0.25) is 4.79 Å². The largest absolute Gasteiger partial charge is 0.338 e. The van der Waals surface area contributed by atoms with Crippen LogP contribution in [0, 0.1) is 5.92 Å². The number of fused-ring (bicyclic) bond motifs is 1. The molecule has 3 unspecified atom stereocenters. The molecule has 3 rings (SSSR count). The number of benzene rings is 1. The Morgan fingerprint density at radius 3 is 2.65 bits per heavy atom. The zero-order valence-corrected chi connectivity index (χ0v) is 12.2. The Morgan fingerprint density at radius 2 is 1.90 bits per heavy atom. The van der Waals surface area contributed by atoms with Gasteiger partial charge in [-0.1, -0.05) is 43.2 Å². The molecule has 1 heterocycles. The van der Waals surface area contributed by atoms with Crippen LogP contribution in [-0.2, 0) is 10.3 Å². The molecule has 1 saturated heterocycles. The molecule has 2 aliphatic rings. The van der Waals surface area contributed by atoms with Gasteiger partial charge in [0.2, 0.25) is 5.91 Å². The second-order valence-corrected chi connectivity index (χ2v) is 6.47. The molecule has 0 aromatic heterocycles. The summed E-state index contributed by atoms with van der Waals surface area (Å²) in [4.78, 5) is 15.0. The smallest absolute Gasteiger partial charge is 0.247 e. The van der Waals surface area contributed by atoms with E-state index in [2.05, 4.69) is 4.90 Å². The van der Waals surface area contributed by atoms with E-state index in [1.54, 1.807) is 0 Å². The number of hydrogen-bond acceptors (Lipinski definition) is 2. The summed E-state index contributed by atoms with van der Waals surface area (Å²) in [6, 6.07) is 10.2. The number of likely N-dealkylation sites (tertiary alicyclic amines) is 1. The van der Waals surface area contributed by atoms with Crippen LogP contribution in [0.4, 0.5) is 0 Å². The lowest BCUT2D eigenvalue weighted by atomic mass is 9.84. The van der Waals surface area contributed by atoms with Crippen LogP contribution in [0.25, 0.3) is 0 Å². The SMILES string of the molecule is CC(N)(C(=O)N1CCC2CCCCC21)c1ccccc1. The van der Waals surface area contributed by atoms with Crippen LogP contribution >= 0.6 is 0 Å². The molecule has 3 nitrogen and oxygen atoms in total. The minimum Gasteiger partial charge on any atom is -0.338 e. The second kappa shape index (κ2) is 5.21. The van der Waals surface area contributed by atoms with E-state index in [4.69, 9.17) is 5.73 Å². The number of rotatable bonds is 2. The maximum Gasteiger partial charge on any atom is 0.247 e. The number of nitrogens with zero attached hydrogens (tertiary/aromatic N) is 1. The molecule has 108 valence electrons. The Morgan fingerprint density at radius 1 is 1.20 bits per heavy atom. The first-order valence-electron chi connectivity index (χ1n) is 7.76. The highest BCUT2D eigenvalue weighted by Gasteiger charge is 2.43. The van der Waals surface area contributed by atoms with Crippen LogP contribution in [0.5, 0.6) is 0 Å². The van der Waals surface area contributed by atoms with Crippen LogP contribution in [0.3, 0.4) is 0 Å². The number of carbonyl (C=O) groups excluding carboxylic acids is 1. The third-order valence-corrected chi connectivity index (χ3v) is 5.09. The fourth-order valence-electron chi connectivity index (χ4n) is 3.86. The monoisotopic (exact) mass is 272 g/mol. The molecule has 0 radical (unpaired) electrons. The van der Waals surface area contributed by atoms with Gasteiger partial charge >= 0.3 is 0 Å². The van der Waals surface area contributed by atoms with Crippen molar-refractivity contribution in [3.8, 4) is 0 Å². The molecular weight excluding hydrogens is 248 g/mol. The van der Waals surface area contributed by atoms with Gasteiger partial charge in [0.05, 0.1) is 0 Å². The molecule has 2 fully saturated rings. The summed E-state index contributed by atoms with van der Waals surface area (Å²) >= 11 is 0. The number of hydrogen-bond donors (Lipinski definition) is 1. The average molecular weight is 272 g/mol. The highest BCUT2D eigenvalue weighted by molar-refractivity contribution is 5.87. The Labute approximate surface area is 121 Å². The van der Waals surface area contributed by atoms with Crippen LogP contribution in [-0.4, -0.2) is 23.4 Å². The van der Waals surface area contributed by atoms with Gasteiger partial charge in [0.25, 0.3) is 0 Å². The zero-order valence-electron chi connectivity index (χ0n) is 12.2. The van der Waals surface area contributed by atoms with Gasteiger partial charge in [-0.05, 0) is 37.7 Å². The van der Waals surface area contributed by atoms with Gasteiger partial charge < -0.3 is 10.6 Å². The Kier molecular flexibility index (Phi) is 3.55. The van der Waals surface area contributed by atoms with Crippen molar-refractivity contribution in [1.82, 2.24) is 4.90 Å². The fourth-order valence-corrected chi connectivity index (χ4v) is 3.86. The third kappa shape index (κ3) is 2.24. The number of nitrogens with two attached hydrogens (primary N) is 1. The van der Waals surface area contributed by atoms with E-state index in [1.807, 2.05) is 37.3 Å². The highest BCUT2D eigenvalue weighted by atomic mass is 16.2. The van der Waals surface area contributed by atoms with E-state index in [1.165, 1.54) is 19.3 Å². The Hall–Kier alpha value is -1.35. The van der Waals surface area contributed by atoms with Crippen molar-refractivity contribution in [2.75, 3.05) is 6.54 Å². The maximum atomic E-state index is 12.9. The van der Waals surface area contributed by atoms with E-state index >= 15 is 0 Å². The Bertz CT molecular complexity index is 483. The van der Waals surface area contributed by atoms with Gasteiger partial charge in [0.15, 0.2) is 0 Å². The summed E-state index contributed by atoms with van der Waals surface area (Å²) in [5.41, 5.74) is 6.39. The van der Waals surface area contributed by atoms with E-state index in [-0.39, 0.29) is 5.91 Å². The van der Waals surface area contributed by atoms with Gasteiger partial charge in [-0.25, -0.2) is 0 Å². The number of amides is 1. The molecule has 1 saturated carbocycles. The lowest BCUT2D eigenvalue weighted by Crippen LogP contribution is -2.53. The van der Waals surface area contributed by atoms with E-state index in [0.29, 0.717) is 12.0 Å². The molecule has 1 aromatic carbocycles. The molecule has 3 heteroatoms. The molecule has 1 aliphatic carbocycles. The number of carbonyl (C=O) groups is 1. The van der Waals surface area contributed by atoms with E-state index < -0.39 is 5.54 Å². The molecule has 3 atom stereocenters. The summed E-state index contributed by atoms with van der Waals surface area (Å²) in [6.07, 6.45) is 6.16. The minimum absolute atomic E-state index is 0.0955. The van der Waals surface area contributed by atoms with E-state index in [0.717, 1.165) is 24.9 Å². The Balaban J connectivity index is 1.82. The molecule has 2 N–H and O–H groups in total. The van der Waals surface area contributed by atoms with Gasteiger partial charge in [0.1, 0.15) is 5.54 Å². The lowest BCUT2D eigenvalue weighted by molar-refractivity contribution is -0.138. The van der Waals surface area contributed by atoms with Crippen LogP contribution in [0.2, 0.25) is 0 Å². The normalized spacial score (nSPS) is 28.8. The molecular formula is C17H24N2O. The van der Waals surface area contributed by atoms with E-state index in [9.17, 15) is 4.79 Å². The summed E-state index contributed by atoms with van der Waals surface area (Å²) in [5.74, 6) is 0.803. The zero-order chi connectivity index (χ0) is 14.2. The summed E-state index contributed by atoms with van der Waals surface area (Å²) in [7, 11) is 0. The average Bonchev–Trinajstić information content (AvgIpc) is 2.91. The van der Waals surface area contributed by atoms with Crippen molar-refractivity contribution < 1.29 is 4.79 Å². The first-order chi connectivity index (χ1) is 9.60. The van der Waals surface area contributed by atoms with Crippen molar-refractivity contribution >= 4 is 5.91 Å². The van der Waals surface area contributed by atoms with Crippen LogP contribution in [0.1, 0.15) is 44.6 Å². The van der Waals surface area contributed by atoms with Crippen molar-refractivity contribution in [3.05, 3.63) is 35.9 Å². The summed E-state index contributed by atoms with van der Waals surface area (Å²) in [6.45, 7) is 2.73. The molecule has 1 amide bonds. The standard InChI is InChI=1S/C17H24N2O/c1-17(18,14-8-3-2-4-9-14)16(20)19-12-11-13-7-5-6-10-15(13)19/h2-4,8-9,13,15H,5-7,10-12,18H2,1H3. The third-order valence-electron chi connectivity index (χ3n) is 5.09. The van der Waals surface area contributed by atoms with Gasteiger partial charge in [-0.2, -0.15) is 0 Å². The topological polar surface area (TPSA) is 46.3 Å².